The van der Waals surface area contributed by atoms with Gasteiger partial charge in [0.2, 0.25) is 0 Å². The van der Waals surface area contributed by atoms with Crippen LogP contribution in [-0.2, 0) is 0 Å². The fourth-order valence-electron chi connectivity index (χ4n) is 4.02. The molecule has 1 aliphatic rings. The molecule has 5 heteroatoms. The number of benzene rings is 1. The van der Waals surface area contributed by atoms with Gasteiger partial charge in [-0.05, 0) is 69.7 Å². The van der Waals surface area contributed by atoms with Gasteiger partial charge in [0.05, 0.1) is 11.4 Å². The van der Waals surface area contributed by atoms with Crippen LogP contribution in [0.3, 0.4) is 0 Å². The first-order valence-electron chi connectivity index (χ1n) is 10.1. The molecule has 0 aliphatic heterocycles. The zero-order valence-corrected chi connectivity index (χ0v) is 16.9. The molecule has 0 unspecified atom stereocenters. The molecule has 1 aromatic carbocycles. The van der Waals surface area contributed by atoms with Crippen molar-refractivity contribution in [2.75, 3.05) is 0 Å². The SMILES string of the molecule is Cc1ccc(-n2nc(C)c(C(=O)NC3CCC(C)CC3)c2-n2cccc2)cc1. The van der Waals surface area contributed by atoms with Crippen LogP contribution >= 0.6 is 0 Å². The molecule has 0 atom stereocenters. The van der Waals surface area contributed by atoms with Gasteiger partial charge in [0.1, 0.15) is 5.56 Å². The number of nitrogens with one attached hydrogen (secondary N) is 1. The fraction of sp³-hybridized carbons (Fsp3) is 0.391. The number of aromatic nitrogens is 3. The van der Waals surface area contributed by atoms with Crippen molar-refractivity contribution in [3.63, 3.8) is 0 Å². The lowest BCUT2D eigenvalue weighted by Gasteiger charge is -2.27. The van der Waals surface area contributed by atoms with E-state index in [0.29, 0.717) is 5.56 Å². The Kier molecular flexibility index (Phi) is 5.07. The predicted molar refractivity (Wildman–Crippen MR) is 111 cm³/mol. The Balaban J connectivity index is 1.72. The van der Waals surface area contributed by atoms with Crippen molar-refractivity contribution in [3.8, 4) is 11.5 Å². The molecular formula is C23H28N4O. The lowest BCUT2D eigenvalue weighted by Crippen LogP contribution is -2.37. The van der Waals surface area contributed by atoms with Crippen molar-refractivity contribution in [2.45, 2.75) is 52.5 Å². The first kappa shape index (κ1) is 18.5. The predicted octanol–water partition coefficient (Wildman–Crippen LogP) is 4.59. The van der Waals surface area contributed by atoms with Crippen LogP contribution in [0.4, 0.5) is 0 Å². The summed E-state index contributed by atoms with van der Waals surface area (Å²) in [5.74, 6) is 1.52. The van der Waals surface area contributed by atoms with Crippen molar-refractivity contribution in [2.24, 2.45) is 5.92 Å². The van der Waals surface area contributed by atoms with Gasteiger partial charge in [0, 0.05) is 18.4 Å². The zero-order chi connectivity index (χ0) is 19.7. The maximum absolute atomic E-state index is 13.3. The van der Waals surface area contributed by atoms with Gasteiger partial charge in [0.15, 0.2) is 5.82 Å². The highest BCUT2D eigenvalue weighted by Gasteiger charge is 2.26. The van der Waals surface area contributed by atoms with Crippen molar-refractivity contribution in [1.29, 1.82) is 0 Å². The molecule has 1 fully saturated rings. The number of carbonyl (C=O) groups is 1. The molecular weight excluding hydrogens is 348 g/mol. The number of rotatable bonds is 4. The summed E-state index contributed by atoms with van der Waals surface area (Å²) in [6.07, 6.45) is 8.38. The minimum atomic E-state index is -0.0286. The molecule has 1 N–H and O–H groups in total. The molecule has 0 bridgehead atoms. The largest absolute Gasteiger partial charge is 0.349 e. The van der Waals surface area contributed by atoms with Crippen molar-refractivity contribution >= 4 is 5.91 Å². The number of nitrogens with zero attached hydrogens (tertiary/aromatic N) is 3. The highest BCUT2D eigenvalue weighted by Crippen LogP contribution is 2.26. The molecule has 2 heterocycles. The van der Waals surface area contributed by atoms with E-state index < -0.39 is 0 Å². The second kappa shape index (κ2) is 7.66. The van der Waals surface area contributed by atoms with E-state index in [1.165, 1.54) is 18.4 Å². The Bertz CT molecular complexity index is 945. The molecule has 146 valence electrons. The third kappa shape index (κ3) is 3.61. The number of aryl methyl sites for hydroxylation is 2. The zero-order valence-electron chi connectivity index (χ0n) is 16.9. The summed E-state index contributed by atoms with van der Waals surface area (Å²) in [5, 5.41) is 7.99. The maximum Gasteiger partial charge on any atom is 0.257 e. The normalized spacial score (nSPS) is 19.5. The Morgan fingerprint density at radius 2 is 1.68 bits per heavy atom. The average molecular weight is 377 g/mol. The van der Waals surface area contributed by atoms with E-state index in [0.717, 1.165) is 36.0 Å². The monoisotopic (exact) mass is 376 g/mol. The first-order valence-corrected chi connectivity index (χ1v) is 10.1. The van der Waals surface area contributed by atoms with Crippen LogP contribution in [-0.4, -0.2) is 26.3 Å². The molecule has 28 heavy (non-hydrogen) atoms. The lowest BCUT2D eigenvalue weighted by molar-refractivity contribution is 0.0922. The Morgan fingerprint density at radius 1 is 1.04 bits per heavy atom. The van der Waals surface area contributed by atoms with Gasteiger partial charge in [-0.1, -0.05) is 24.6 Å². The van der Waals surface area contributed by atoms with Crippen molar-refractivity contribution in [1.82, 2.24) is 19.7 Å². The third-order valence-electron chi connectivity index (χ3n) is 5.74. The van der Waals surface area contributed by atoms with Gasteiger partial charge in [0.25, 0.3) is 5.91 Å². The number of carbonyl (C=O) groups excluding carboxylic acids is 1. The molecule has 0 saturated heterocycles. The fourth-order valence-corrected chi connectivity index (χ4v) is 4.02. The van der Waals surface area contributed by atoms with Gasteiger partial charge in [-0.3, -0.25) is 4.79 Å². The van der Waals surface area contributed by atoms with E-state index in [-0.39, 0.29) is 11.9 Å². The van der Waals surface area contributed by atoms with Crippen LogP contribution in [0, 0.1) is 19.8 Å². The molecule has 0 spiro atoms. The molecule has 1 aliphatic carbocycles. The van der Waals surface area contributed by atoms with Crippen LogP contribution in [0.1, 0.15) is 54.2 Å². The Labute approximate surface area is 166 Å². The minimum absolute atomic E-state index is 0.0286. The summed E-state index contributed by atoms with van der Waals surface area (Å²) in [6.45, 7) is 6.27. The second-order valence-electron chi connectivity index (χ2n) is 8.05. The summed E-state index contributed by atoms with van der Waals surface area (Å²) in [6, 6.07) is 12.4. The average Bonchev–Trinajstić information content (AvgIpc) is 3.31. The highest BCUT2D eigenvalue weighted by molar-refractivity contribution is 5.98. The summed E-state index contributed by atoms with van der Waals surface area (Å²) < 4.78 is 3.84. The number of amides is 1. The maximum atomic E-state index is 13.3. The van der Waals surface area contributed by atoms with Crippen LogP contribution in [0.2, 0.25) is 0 Å². The first-order chi connectivity index (χ1) is 13.5. The van der Waals surface area contributed by atoms with Crippen LogP contribution in [0.25, 0.3) is 11.5 Å². The van der Waals surface area contributed by atoms with E-state index in [2.05, 4.69) is 31.3 Å². The molecule has 3 aromatic rings. The van der Waals surface area contributed by atoms with Gasteiger partial charge in [-0.2, -0.15) is 5.10 Å². The number of hydrogen-bond donors (Lipinski definition) is 1. The summed E-state index contributed by atoms with van der Waals surface area (Å²) >= 11 is 0. The van der Waals surface area contributed by atoms with E-state index in [1.807, 2.05) is 52.8 Å². The Hall–Kier alpha value is -2.82. The summed E-state index contributed by atoms with van der Waals surface area (Å²) in [4.78, 5) is 13.3. The van der Waals surface area contributed by atoms with Crippen molar-refractivity contribution in [3.05, 3.63) is 65.6 Å². The molecule has 5 nitrogen and oxygen atoms in total. The lowest BCUT2D eigenvalue weighted by atomic mass is 9.87. The van der Waals surface area contributed by atoms with E-state index in [9.17, 15) is 4.79 Å². The van der Waals surface area contributed by atoms with E-state index in [4.69, 9.17) is 5.10 Å². The molecule has 1 amide bonds. The number of hydrogen-bond acceptors (Lipinski definition) is 2. The minimum Gasteiger partial charge on any atom is -0.349 e. The van der Waals surface area contributed by atoms with Gasteiger partial charge >= 0.3 is 0 Å². The van der Waals surface area contributed by atoms with Gasteiger partial charge < -0.3 is 9.88 Å². The van der Waals surface area contributed by atoms with E-state index >= 15 is 0 Å². The standard InChI is InChI=1S/C23H28N4O/c1-16-6-10-19(11-7-16)24-22(28)21-18(3)25-27(20-12-8-17(2)9-13-20)23(21)26-14-4-5-15-26/h4-5,8-9,12-16,19H,6-7,10-11H2,1-3H3,(H,24,28). The van der Waals surface area contributed by atoms with Gasteiger partial charge in [-0.15, -0.1) is 0 Å². The summed E-state index contributed by atoms with van der Waals surface area (Å²) in [7, 11) is 0. The Morgan fingerprint density at radius 3 is 2.32 bits per heavy atom. The van der Waals surface area contributed by atoms with Crippen LogP contribution in [0.5, 0.6) is 0 Å². The van der Waals surface area contributed by atoms with Crippen LogP contribution in [0.15, 0.2) is 48.8 Å². The van der Waals surface area contributed by atoms with Gasteiger partial charge in [-0.25, -0.2) is 4.68 Å². The smallest absolute Gasteiger partial charge is 0.257 e. The van der Waals surface area contributed by atoms with E-state index in [1.54, 1.807) is 0 Å². The topological polar surface area (TPSA) is 51.9 Å². The molecule has 2 aromatic heterocycles. The van der Waals surface area contributed by atoms with Crippen molar-refractivity contribution < 1.29 is 4.79 Å². The van der Waals surface area contributed by atoms with Crippen LogP contribution < -0.4 is 5.32 Å². The third-order valence-corrected chi connectivity index (χ3v) is 5.74. The molecule has 0 radical (unpaired) electrons. The molecule has 4 rings (SSSR count). The quantitative estimate of drug-likeness (QED) is 0.724. The second-order valence-corrected chi connectivity index (χ2v) is 8.05. The summed E-state index contributed by atoms with van der Waals surface area (Å²) in [5.41, 5.74) is 3.53. The highest BCUT2D eigenvalue weighted by atomic mass is 16.1. The molecule has 1 saturated carbocycles.